The van der Waals surface area contributed by atoms with Gasteiger partial charge in [-0.3, -0.25) is 0 Å². The zero-order chi connectivity index (χ0) is 14.5. The number of benzene rings is 1. The number of nitrogens with one attached hydrogen (secondary N) is 1. The minimum Gasteiger partial charge on any atom is -0.396 e. The molecule has 19 heavy (non-hydrogen) atoms. The molecule has 0 amide bonds. The van der Waals surface area contributed by atoms with E-state index in [4.69, 9.17) is 16.7 Å². The minimum absolute atomic E-state index is 0.0610. The molecule has 0 heterocycles. The predicted octanol–water partition coefficient (Wildman–Crippen LogP) is 2.34. The molecule has 0 radical (unpaired) electrons. The Bertz CT molecular complexity index is 517. The monoisotopic (exact) mass is 305 g/mol. The summed E-state index contributed by atoms with van der Waals surface area (Å²) in [6, 6.07) is 4.85. The topological polar surface area (TPSA) is 66.4 Å². The Balaban J connectivity index is 2.81. The fourth-order valence-electron chi connectivity index (χ4n) is 1.76. The van der Waals surface area contributed by atoms with E-state index in [1.54, 1.807) is 12.1 Å². The molecule has 0 fully saturated rings. The van der Waals surface area contributed by atoms with Gasteiger partial charge in [0.15, 0.2) is 0 Å². The Kier molecular flexibility index (Phi) is 6.26. The van der Waals surface area contributed by atoms with E-state index in [-0.39, 0.29) is 22.4 Å². The smallest absolute Gasteiger partial charge is 0.242 e. The summed E-state index contributed by atoms with van der Waals surface area (Å²) < 4.78 is 26.8. The third kappa shape index (κ3) is 4.76. The number of aliphatic hydroxyl groups excluding tert-OH is 1. The first-order valence-electron chi connectivity index (χ1n) is 6.27. The van der Waals surface area contributed by atoms with Gasteiger partial charge in [-0.05, 0) is 37.0 Å². The van der Waals surface area contributed by atoms with E-state index < -0.39 is 10.0 Å². The average Bonchev–Trinajstić information content (AvgIpc) is 2.34. The van der Waals surface area contributed by atoms with Gasteiger partial charge in [-0.1, -0.05) is 31.0 Å². The van der Waals surface area contributed by atoms with Crippen LogP contribution in [-0.2, 0) is 10.0 Å². The van der Waals surface area contributed by atoms with Crippen LogP contribution in [0, 0.1) is 12.8 Å². The number of halogens is 1. The van der Waals surface area contributed by atoms with E-state index in [0.717, 1.165) is 12.0 Å². The molecule has 2 N–H and O–H groups in total. The molecule has 1 aromatic carbocycles. The van der Waals surface area contributed by atoms with Crippen LogP contribution in [0.15, 0.2) is 23.1 Å². The molecule has 0 aliphatic heterocycles. The third-order valence-electron chi connectivity index (χ3n) is 3.05. The Morgan fingerprint density at radius 1 is 1.42 bits per heavy atom. The number of hydrogen-bond acceptors (Lipinski definition) is 3. The quantitative estimate of drug-likeness (QED) is 0.812. The molecule has 0 aliphatic rings. The van der Waals surface area contributed by atoms with Crippen LogP contribution in [0.1, 0.15) is 25.3 Å². The molecule has 0 saturated carbocycles. The van der Waals surface area contributed by atoms with Gasteiger partial charge in [0.05, 0.1) is 5.02 Å². The van der Waals surface area contributed by atoms with Gasteiger partial charge in [0.1, 0.15) is 4.90 Å². The van der Waals surface area contributed by atoms with Crippen LogP contribution in [0.5, 0.6) is 0 Å². The molecule has 0 aromatic heterocycles. The summed E-state index contributed by atoms with van der Waals surface area (Å²) in [6.07, 6.45) is 1.39. The second kappa shape index (κ2) is 7.24. The van der Waals surface area contributed by atoms with E-state index in [0.29, 0.717) is 13.0 Å². The number of aliphatic hydroxyl groups is 1. The maximum absolute atomic E-state index is 12.1. The second-order valence-electron chi connectivity index (χ2n) is 4.57. The summed E-state index contributed by atoms with van der Waals surface area (Å²) in [4.78, 5) is 0.0959. The van der Waals surface area contributed by atoms with Crippen LogP contribution in [0.25, 0.3) is 0 Å². The van der Waals surface area contributed by atoms with Crippen molar-refractivity contribution in [3.05, 3.63) is 28.8 Å². The van der Waals surface area contributed by atoms with Gasteiger partial charge in [-0.25, -0.2) is 13.1 Å². The molecule has 1 atom stereocenters. The van der Waals surface area contributed by atoms with E-state index in [1.165, 1.54) is 6.07 Å². The molecule has 108 valence electrons. The summed E-state index contributed by atoms with van der Waals surface area (Å²) in [5.41, 5.74) is 0.913. The van der Waals surface area contributed by atoms with Crippen molar-refractivity contribution in [2.45, 2.75) is 31.6 Å². The van der Waals surface area contributed by atoms with Crippen molar-refractivity contribution < 1.29 is 13.5 Å². The lowest BCUT2D eigenvalue weighted by atomic mass is 10.0. The standard InChI is InChI=1S/C13H20ClNO3S/c1-3-11(6-7-16)9-15-19(17,18)13-5-4-10(2)8-12(13)14/h4-5,8,11,15-16H,3,6-7,9H2,1-2H3. The van der Waals surface area contributed by atoms with E-state index in [9.17, 15) is 8.42 Å². The highest BCUT2D eigenvalue weighted by atomic mass is 35.5. The van der Waals surface area contributed by atoms with Crippen molar-refractivity contribution in [1.82, 2.24) is 4.72 Å². The highest BCUT2D eigenvalue weighted by Crippen LogP contribution is 2.22. The Hall–Kier alpha value is -0.620. The van der Waals surface area contributed by atoms with Crippen molar-refractivity contribution in [3.63, 3.8) is 0 Å². The predicted molar refractivity (Wildman–Crippen MR) is 76.9 cm³/mol. The van der Waals surface area contributed by atoms with Crippen molar-refractivity contribution in [2.75, 3.05) is 13.2 Å². The molecule has 4 nitrogen and oxygen atoms in total. The fraction of sp³-hybridized carbons (Fsp3) is 0.538. The summed E-state index contributed by atoms with van der Waals surface area (Å²) in [6.45, 7) is 4.19. The second-order valence-corrected chi connectivity index (χ2v) is 6.71. The molecule has 0 bridgehead atoms. The van der Waals surface area contributed by atoms with Gasteiger partial charge >= 0.3 is 0 Å². The summed E-state index contributed by atoms with van der Waals surface area (Å²) >= 11 is 5.97. The Morgan fingerprint density at radius 2 is 2.11 bits per heavy atom. The number of hydrogen-bond donors (Lipinski definition) is 2. The Morgan fingerprint density at radius 3 is 2.63 bits per heavy atom. The molecule has 1 aromatic rings. The lowest BCUT2D eigenvalue weighted by molar-refractivity contribution is 0.254. The first-order chi connectivity index (χ1) is 8.90. The van der Waals surface area contributed by atoms with Gasteiger partial charge in [-0.2, -0.15) is 0 Å². The zero-order valence-corrected chi connectivity index (χ0v) is 12.8. The normalized spacial score (nSPS) is 13.5. The number of rotatable bonds is 7. The van der Waals surface area contributed by atoms with Crippen LogP contribution in [0.4, 0.5) is 0 Å². The van der Waals surface area contributed by atoms with Crippen LogP contribution in [0.2, 0.25) is 5.02 Å². The van der Waals surface area contributed by atoms with Crippen LogP contribution in [-0.4, -0.2) is 26.7 Å². The van der Waals surface area contributed by atoms with Crippen LogP contribution < -0.4 is 4.72 Å². The highest BCUT2D eigenvalue weighted by Gasteiger charge is 2.19. The van der Waals surface area contributed by atoms with Gasteiger partial charge < -0.3 is 5.11 Å². The SMILES string of the molecule is CCC(CCO)CNS(=O)(=O)c1ccc(C)cc1Cl. The lowest BCUT2D eigenvalue weighted by Crippen LogP contribution is -2.29. The summed E-state index contributed by atoms with van der Waals surface area (Å²) in [5, 5.41) is 9.12. The van der Waals surface area contributed by atoms with E-state index in [1.807, 2.05) is 13.8 Å². The summed E-state index contributed by atoms with van der Waals surface area (Å²) in [5.74, 6) is 0.129. The number of sulfonamides is 1. The maximum Gasteiger partial charge on any atom is 0.242 e. The van der Waals surface area contributed by atoms with Gasteiger partial charge in [0.2, 0.25) is 10.0 Å². The Labute approximate surface area is 119 Å². The van der Waals surface area contributed by atoms with Gasteiger partial charge in [0.25, 0.3) is 0 Å². The number of aryl methyl sites for hydroxylation is 1. The largest absolute Gasteiger partial charge is 0.396 e. The van der Waals surface area contributed by atoms with Crippen molar-refractivity contribution in [3.8, 4) is 0 Å². The third-order valence-corrected chi connectivity index (χ3v) is 4.96. The van der Waals surface area contributed by atoms with Crippen molar-refractivity contribution >= 4 is 21.6 Å². The molecule has 1 unspecified atom stereocenters. The lowest BCUT2D eigenvalue weighted by Gasteiger charge is -2.15. The molecule has 1 rings (SSSR count). The maximum atomic E-state index is 12.1. The van der Waals surface area contributed by atoms with Gasteiger partial charge in [0, 0.05) is 13.2 Å². The van der Waals surface area contributed by atoms with E-state index >= 15 is 0 Å². The molecular weight excluding hydrogens is 286 g/mol. The first kappa shape index (κ1) is 16.4. The zero-order valence-electron chi connectivity index (χ0n) is 11.2. The molecular formula is C13H20ClNO3S. The minimum atomic E-state index is -3.59. The van der Waals surface area contributed by atoms with Gasteiger partial charge in [-0.15, -0.1) is 0 Å². The average molecular weight is 306 g/mol. The van der Waals surface area contributed by atoms with E-state index in [2.05, 4.69) is 4.72 Å². The van der Waals surface area contributed by atoms with Crippen molar-refractivity contribution in [1.29, 1.82) is 0 Å². The first-order valence-corrected chi connectivity index (χ1v) is 8.13. The molecule has 0 spiro atoms. The molecule has 0 saturated heterocycles. The molecule has 0 aliphatic carbocycles. The highest BCUT2D eigenvalue weighted by molar-refractivity contribution is 7.89. The molecule has 6 heteroatoms. The van der Waals surface area contributed by atoms with Crippen molar-refractivity contribution in [2.24, 2.45) is 5.92 Å². The van der Waals surface area contributed by atoms with Crippen LogP contribution >= 0.6 is 11.6 Å². The van der Waals surface area contributed by atoms with Crippen LogP contribution in [0.3, 0.4) is 0 Å². The fourth-order valence-corrected chi connectivity index (χ4v) is 3.48. The summed E-state index contributed by atoms with van der Waals surface area (Å²) in [7, 11) is -3.59.